The third-order valence-electron chi connectivity index (χ3n) is 3.77. The predicted octanol–water partition coefficient (Wildman–Crippen LogP) is 4.05. The Morgan fingerprint density at radius 1 is 1.14 bits per heavy atom. The lowest BCUT2D eigenvalue weighted by Gasteiger charge is -2.25. The molecule has 2 aromatic rings. The Balaban J connectivity index is 1.98. The molecule has 0 aromatic heterocycles. The van der Waals surface area contributed by atoms with Gasteiger partial charge in [-0.15, -0.1) is 0 Å². The van der Waals surface area contributed by atoms with Gasteiger partial charge in [0.25, 0.3) is 0 Å². The maximum Gasteiger partial charge on any atom is 0.125 e. The fraction of sp³-hybridized carbons (Fsp3) is 0.333. The second-order valence-corrected chi connectivity index (χ2v) is 5.37. The largest absolute Gasteiger partial charge is 0.372 e. The summed E-state index contributed by atoms with van der Waals surface area (Å²) in [6, 6.07) is 15.1. The minimum atomic E-state index is -0.200. The van der Waals surface area contributed by atoms with Gasteiger partial charge in [0.05, 0.1) is 0 Å². The van der Waals surface area contributed by atoms with Gasteiger partial charge in [0.2, 0.25) is 0 Å². The van der Waals surface area contributed by atoms with Crippen molar-refractivity contribution < 1.29 is 4.39 Å². The zero-order valence-electron chi connectivity index (χ0n) is 12.7. The van der Waals surface area contributed by atoms with Crippen LogP contribution in [0.3, 0.4) is 0 Å². The summed E-state index contributed by atoms with van der Waals surface area (Å²) in [5, 5.41) is 0. The zero-order valence-corrected chi connectivity index (χ0v) is 12.7. The van der Waals surface area contributed by atoms with Gasteiger partial charge in [-0.25, -0.2) is 4.39 Å². The molecule has 2 nitrogen and oxygen atoms in total. The molecule has 0 aliphatic carbocycles. The van der Waals surface area contributed by atoms with Gasteiger partial charge in [-0.2, -0.15) is 0 Å². The standard InChI is InChI=1S/C18H23FN2/c1-3-21(17-6-4-5-16(19)13-17)12-11-18(20)15-9-7-14(2)8-10-15/h4-10,13,18H,3,11-12,20H2,1-2H3. The van der Waals surface area contributed by atoms with Crippen molar-refractivity contribution in [2.75, 3.05) is 18.0 Å². The molecule has 1 atom stereocenters. The number of hydrogen-bond acceptors (Lipinski definition) is 2. The second-order valence-electron chi connectivity index (χ2n) is 5.37. The summed E-state index contributed by atoms with van der Waals surface area (Å²) < 4.78 is 13.3. The van der Waals surface area contributed by atoms with E-state index in [4.69, 9.17) is 5.73 Å². The van der Waals surface area contributed by atoms with E-state index in [1.807, 2.05) is 6.07 Å². The summed E-state index contributed by atoms with van der Waals surface area (Å²) in [5.74, 6) is -0.200. The molecule has 0 saturated carbocycles. The SMILES string of the molecule is CCN(CCC(N)c1ccc(C)cc1)c1cccc(F)c1. The number of benzene rings is 2. The van der Waals surface area contributed by atoms with Crippen LogP contribution in [-0.4, -0.2) is 13.1 Å². The smallest absolute Gasteiger partial charge is 0.125 e. The Labute approximate surface area is 126 Å². The Bertz CT molecular complexity index is 566. The highest BCUT2D eigenvalue weighted by Crippen LogP contribution is 2.19. The first kappa shape index (κ1) is 15.5. The van der Waals surface area contributed by atoms with Crippen LogP contribution in [0.4, 0.5) is 10.1 Å². The van der Waals surface area contributed by atoms with E-state index < -0.39 is 0 Å². The van der Waals surface area contributed by atoms with E-state index in [1.165, 1.54) is 11.6 Å². The molecular formula is C18H23FN2. The van der Waals surface area contributed by atoms with Gasteiger partial charge in [-0.3, -0.25) is 0 Å². The van der Waals surface area contributed by atoms with Crippen LogP contribution < -0.4 is 10.6 Å². The third kappa shape index (κ3) is 4.30. The first-order chi connectivity index (χ1) is 10.1. The summed E-state index contributed by atoms with van der Waals surface area (Å²) in [4.78, 5) is 2.15. The molecule has 112 valence electrons. The molecule has 0 heterocycles. The summed E-state index contributed by atoms with van der Waals surface area (Å²) in [7, 11) is 0. The average molecular weight is 286 g/mol. The average Bonchev–Trinajstić information content (AvgIpc) is 2.48. The Morgan fingerprint density at radius 2 is 1.86 bits per heavy atom. The van der Waals surface area contributed by atoms with Gasteiger partial charge in [-0.05, 0) is 44.0 Å². The molecule has 0 saturated heterocycles. The van der Waals surface area contributed by atoms with Gasteiger partial charge < -0.3 is 10.6 Å². The van der Waals surface area contributed by atoms with Crippen LogP contribution >= 0.6 is 0 Å². The van der Waals surface area contributed by atoms with Crippen molar-refractivity contribution in [1.29, 1.82) is 0 Å². The van der Waals surface area contributed by atoms with Crippen molar-refractivity contribution in [1.82, 2.24) is 0 Å². The first-order valence-corrected chi connectivity index (χ1v) is 7.43. The van der Waals surface area contributed by atoms with Crippen LogP contribution in [0.2, 0.25) is 0 Å². The molecule has 2 N–H and O–H groups in total. The molecule has 0 bridgehead atoms. The molecule has 0 fully saturated rings. The van der Waals surface area contributed by atoms with E-state index in [1.54, 1.807) is 12.1 Å². The van der Waals surface area contributed by atoms with Crippen LogP contribution in [0.15, 0.2) is 48.5 Å². The number of aryl methyl sites for hydroxylation is 1. The molecule has 1 unspecified atom stereocenters. The highest BCUT2D eigenvalue weighted by atomic mass is 19.1. The van der Waals surface area contributed by atoms with E-state index in [2.05, 4.69) is 43.0 Å². The normalized spacial score (nSPS) is 12.2. The molecule has 0 spiro atoms. The van der Waals surface area contributed by atoms with Crippen molar-refractivity contribution >= 4 is 5.69 Å². The van der Waals surface area contributed by atoms with Crippen molar-refractivity contribution in [3.8, 4) is 0 Å². The third-order valence-corrected chi connectivity index (χ3v) is 3.77. The quantitative estimate of drug-likeness (QED) is 0.868. The lowest BCUT2D eigenvalue weighted by Crippen LogP contribution is -2.27. The fourth-order valence-corrected chi connectivity index (χ4v) is 2.42. The number of nitrogens with two attached hydrogens (primary N) is 1. The van der Waals surface area contributed by atoms with Crippen molar-refractivity contribution in [2.24, 2.45) is 5.73 Å². The van der Waals surface area contributed by atoms with E-state index >= 15 is 0 Å². The van der Waals surface area contributed by atoms with E-state index in [0.717, 1.165) is 30.8 Å². The van der Waals surface area contributed by atoms with Crippen LogP contribution in [-0.2, 0) is 0 Å². The molecule has 0 aliphatic rings. The molecule has 2 aromatic carbocycles. The van der Waals surface area contributed by atoms with Gasteiger partial charge >= 0.3 is 0 Å². The van der Waals surface area contributed by atoms with Crippen molar-refractivity contribution in [3.63, 3.8) is 0 Å². The number of nitrogens with zero attached hydrogens (tertiary/aromatic N) is 1. The Kier molecular flexibility index (Phi) is 5.34. The summed E-state index contributed by atoms with van der Waals surface area (Å²) in [6.07, 6.45) is 0.841. The number of rotatable bonds is 6. The summed E-state index contributed by atoms with van der Waals surface area (Å²) in [5.41, 5.74) is 9.55. The lowest BCUT2D eigenvalue weighted by atomic mass is 10.0. The first-order valence-electron chi connectivity index (χ1n) is 7.43. The maximum absolute atomic E-state index is 13.3. The van der Waals surface area contributed by atoms with E-state index in [-0.39, 0.29) is 11.9 Å². The zero-order chi connectivity index (χ0) is 15.2. The van der Waals surface area contributed by atoms with Crippen LogP contribution in [0.25, 0.3) is 0 Å². The Morgan fingerprint density at radius 3 is 2.48 bits per heavy atom. The second kappa shape index (κ2) is 7.23. The van der Waals surface area contributed by atoms with Crippen LogP contribution in [0.5, 0.6) is 0 Å². The summed E-state index contributed by atoms with van der Waals surface area (Å²) >= 11 is 0. The minimum Gasteiger partial charge on any atom is -0.372 e. The molecule has 2 rings (SSSR count). The summed E-state index contributed by atoms with van der Waals surface area (Å²) in [6.45, 7) is 5.79. The number of halogens is 1. The van der Waals surface area contributed by atoms with Crippen LogP contribution in [0, 0.1) is 12.7 Å². The molecule has 0 amide bonds. The van der Waals surface area contributed by atoms with Crippen molar-refractivity contribution in [3.05, 3.63) is 65.5 Å². The predicted molar refractivity (Wildman–Crippen MR) is 87.0 cm³/mol. The van der Waals surface area contributed by atoms with Crippen LogP contribution in [0.1, 0.15) is 30.5 Å². The van der Waals surface area contributed by atoms with E-state index in [0.29, 0.717) is 0 Å². The molecular weight excluding hydrogens is 263 g/mol. The van der Waals surface area contributed by atoms with Gasteiger partial charge in [0.1, 0.15) is 5.82 Å². The topological polar surface area (TPSA) is 29.3 Å². The molecule has 0 aliphatic heterocycles. The highest BCUT2D eigenvalue weighted by molar-refractivity contribution is 5.46. The minimum absolute atomic E-state index is 0.00760. The maximum atomic E-state index is 13.3. The van der Waals surface area contributed by atoms with Gasteiger partial charge in [0.15, 0.2) is 0 Å². The number of hydrogen-bond donors (Lipinski definition) is 1. The van der Waals surface area contributed by atoms with Gasteiger partial charge in [-0.1, -0.05) is 35.9 Å². The fourth-order valence-electron chi connectivity index (χ4n) is 2.42. The number of anilines is 1. The monoisotopic (exact) mass is 286 g/mol. The molecule has 0 radical (unpaired) electrons. The van der Waals surface area contributed by atoms with E-state index in [9.17, 15) is 4.39 Å². The van der Waals surface area contributed by atoms with Crippen molar-refractivity contribution in [2.45, 2.75) is 26.3 Å². The molecule has 21 heavy (non-hydrogen) atoms. The van der Waals surface area contributed by atoms with Gasteiger partial charge in [0, 0.05) is 24.8 Å². The molecule has 3 heteroatoms. The highest BCUT2D eigenvalue weighted by Gasteiger charge is 2.10. The Hall–Kier alpha value is -1.87. The lowest BCUT2D eigenvalue weighted by molar-refractivity contribution is 0.618.